The number of aryl methyl sites for hydroxylation is 1. The fraction of sp³-hybridized carbons (Fsp3) is 0.692. The Kier molecular flexibility index (Phi) is 3.42. The summed E-state index contributed by atoms with van der Waals surface area (Å²) in [6.07, 6.45) is 4.44. The van der Waals surface area contributed by atoms with E-state index in [1.165, 1.54) is 4.90 Å². The molecule has 2 aliphatic rings. The first kappa shape index (κ1) is 13.1. The van der Waals surface area contributed by atoms with Crippen LogP contribution in [0.15, 0.2) is 4.52 Å². The average Bonchev–Trinajstić information content (AvgIpc) is 3.13. The first-order chi connectivity index (χ1) is 9.70. The molecule has 1 atom stereocenters. The maximum atomic E-state index is 12.2. The van der Waals surface area contributed by atoms with Crippen molar-refractivity contribution in [2.24, 2.45) is 0 Å². The lowest BCUT2D eigenvalue weighted by atomic mass is 10.2. The van der Waals surface area contributed by atoms with Crippen molar-refractivity contribution in [1.29, 1.82) is 0 Å². The molecule has 0 aliphatic carbocycles. The van der Waals surface area contributed by atoms with Crippen LogP contribution in [0.2, 0.25) is 0 Å². The van der Waals surface area contributed by atoms with E-state index in [9.17, 15) is 9.59 Å². The average molecular weight is 278 g/mol. The number of rotatable bonds is 5. The topological polar surface area (TPSA) is 79.5 Å². The molecule has 0 radical (unpaired) electrons. The zero-order chi connectivity index (χ0) is 14.1. The smallest absolute Gasteiger partial charge is 0.327 e. The summed E-state index contributed by atoms with van der Waals surface area (Å²) in [6, 6.07) is -0.494. The fourth-order valence-electron chi connectivity index (χ4n) is 2.75. The molecule has 1 aromatic heterocycles. The highest BCUT2D eigenvalue weighted by molar-refractivity contribution is 6.04. The Bertz CT molecular complexity index is 505. The van der Waals surface area contributed by atoms with Crippen molar-refractivity contribution in [3.63, 3.8) is 0 Å². The molecule has 0 saturated carbocycles. The quantitative estimate of drug-likeness (QED) is 0.759. The summed E-state index contributed by atoms with van der Waals surface area (Å²) in [4.78, 5) is 31.4. The van der Waals surface area contributed by atoms with Crippen LogP contribution in [-0.4, -0.2) is 44.5 Å². The molecule has 2 aliphatic heterocycles. The summed E-state index contributed by atoms with van der Waals surface area (Å²) in [7, 11) is 0. The molecule has 3 rings (SSSR count). The number of hydrogen-bond acceptors (Lipinski definition) is 5. The summed E-state index contributed by atoms with van der Waals surface area (Å²) in [5, 5.41) is 3.84. The van der Waals surface area contributed by atoms with Gasteiger partial charge in [-0.15, -0.1) is 0 Å². The van der Waals surface area contributed by atoms with Gasteiger partial charge in [0.05, 0.1) is 6.54 Å². The minimum atomic E-state index is -0.269. The van der Waals surface area contributed by atoms with Gasteiger partial charge < -0.3 is 9.42 Å². The molecule has 7 nitrogen and oxygen atoms in total. The van der Waals surface area contributed by atoms with Gasteiger partial charge in [-0.1, -0.05) is 18.5 Å². The molecule has 2 saturated heterocycles. The van der Waals surface area contributed by atoms with Crippen LogP contribution in [0, 0.1) is 0 Å². The van der Waals surface area contributed by atoms with Crippen LogP contribution in [0.1, 0.15) is 44.3 Å². The van der Waals surface area contributed by atoms with Crippen molar-refractivity contribution >= 4 is 11.9 Å². The van der Waals surface area contributed by atoms with E-state index in [0.717, 1.165) is 32.1 Å². The second kappa shape index (κ2) is 5.22. The van der Waals surface area contributed by atoms with E-state index in [1.807, 2.05) is 0 Å². The van der Waals surface area contributed by atoms with Gasteiger partial charge in [-0.25, -0.2) is 4.79 Å². The Morgan fingerprint density at radius 3 is 3.00 bits per heavy atom. The molecule has 20 heavy (non-hydrogen) atoms. The van der Waals surface area contributed by atoms with E-state index in [2.05, 4.69) is 17.1 Å². The molecule has 0 unspecified atom stereocenters. The van der Waals surface area contributed by atoms with E-state index >= 15 is 0 Å². The molecule has 3 amide bonds. The van der Waals surface area contributed by atoms with Gasteiger partial charge in [0, 0.05) is 13.0 Å². The van der Waals surface area contributed by atoms with E-state index in [1.54, 1.807) is 4.90 Å². The number of urea groups is 1. The van der Waals surface area contributed by atoms with Crippen molar-refractivity contribution in [1.82, 2.24) is 19.9 Å². The summed E-state index contributed by atoms with van der Waals surface area (Å²) in [6.45, 7) is 2.87. The van der Waals surface area contributed by atoms with Crippen molar-refractivity contribution in [2.45, 2.75) is 51.6 Å². The zero-order valence-corrected chi connectivity index (χ0v) is 11.5. The minimum Gasteiger partial charge on any atom is -0.339 e. The molecular weight excluding hydrogens is 260 g/mol. The SMILES string of the molecule is CCCCc1nc(CN2C(=O)[C@@H]3CCCN3C2=O)no1. The van der Waals surface area contributed by atoms with Gasteiger partial charge >= 0.3 is 6.03 Å². The molecule has 2 fully saturated rings. The molecule has 1 aromatic rings. The largest absolute Gasteiger partial charge is 0.339 e. The van der Waals surface area contributed by atoms with Crippen molar-refractivity contribution in [3.8, 4) is 0 Å². The highest BCUT2D eigenvalue weighted by Crippen LogP contribution is 2.28. The number of hydrogen-bond donors (Lipinski definition) is 0. The van der Waals surface area contributed by atoms with Crippen LogP contribution >= 0.6 is 0 Å². The third-order valence-corrected chi connectivity index (χ3v) is 3.83. The molecule has 108 valence electrons. The highest BCUT2D eigenvalue weighted by atomic mass is 16.5. The zero-order valence-electron chi connectivity index (χ0n) is 11.5. The second-order valence-electron chi connectivity index (χ2n) is 5.27. The third kappa shape index (κ3) is 2.17. The van der Waals surface area contributed by atoms with Crippen molar-refractivity contribution in [2.75, 3.05) is 6.54 Å². The number of nitrogens with zero attached hydrogens (tertiary/aromatic N) is 4. The van der Waals surface area contributed by atoms with Gasteiger partial charge in [-0.2, -0.15) is 4.98 Å². The van der Waals surface area contributed by atoms with Crippen LogP contribution in [0.25, 0.3) is 0 Å². The number of unbranched alkanes of at least 4 members (excludes halogenated alkanes) is 1. The minimum absolute atomic E-state index is 0.111. The summed E-state index contributed by atoms with van der Waals surface area (Å²) >= 11 is 0. The predicted molar refractivity (Wildman–Crippen MR) is 68.6 cm³/mol. The van der Waals surface area contributed by atoms with Gasteiger partial charge in [0.15, 0.2) is 5.82 Å². The van der Waals surface area contributed by atoms with Crippen LogP contribution in [0.4, 0.5) is 4.79 Å². The fourth-order valence-corrected chi connectivity index (χ4v) is 2.75. The van der Waals surface area contributed by atoms with Crippen molar-refractivity contribution < 1.29 is 14.1 Å². The molecule has 0 spiro atoms. The summed E-state index contributed by atoms with van der Waals surface area (Å²) < 4.78 is 5.12. The summed E-state index contributed by atoms with van der Waals surface area (Å²) in [5.41, 5.74) is 0. The molecular formula is C13H18N4O3. The number of imide groups is 1. The predicted octanol–water partition coefficient (Wildman–Crippen LogP) is 1.34. The number of carbonyl (C=O) groups is 2. The van der Waals surface area contributed by atoms with Gasteiger partial charge in [0.25, 0.3) is 5.91 Å². The Morgan fingerprint density at radius 2 is 2.25 bits per heavy atom. The first-order valence-electron chi connectivity index (χ1n) is 7.14. The second-order valence-corrected chi connectivity index (χ2v) is 5.27. The van der Waals surface area contributed by atoms with Gasteiger partial charge in [-0.3, -0.25) is 9.69 Å². The van der Waals surface area contributed by atoms with E-state index in [4.69, 9.17) is 4.52 Å². The standard InChI is InChI=1S/C13H18N4O3/c1-2-3-6-11-14-10(15-20-11)8-17-12(18)9-5-4-7-16(9)13(17)19/h9H,2-8H2,1H3/t9-/m0/s1. The molecule has 7 heteroatoms. The molecule has 0 bridgehead atoms. The van der Waals surface area contributed by atoms with Crippen LogP contribution in [0.3, 0.4) is 0 Å². The van der Waals surface area contributed by atoms with E-state index < -0.39 is 0 Å². The highest BCUT2D eigenvalue weighted by Gasteiger charge is 2.47. The Labute approximate surface area is 116 Å². The Hall–Kier alpha value is -1.92. The lowest BCUT2D eigenvalue weighted by Crippen LogP contribution is -2.33. The first-order valence-corrected chi connectivity index (χ1v) is 7.14. The summed E-state index contributed by atoms with van der Waals surface area (Å²) in [5.74, 6) is 0.841. The Morgan fingerprint density at radius 1 is 1.40 bits per heavy atom. The molecule has 0 N–H and O–H groups in total. The normalized spacial score (nSPS) is 21.9. The van der Waals surface area contributed by atoms with Crippen molar-refractivity contribution in [3.05, 3.63) is 11.7 Å². The van der Waals surface area contributed by atoms with Gasteiger partial charge in [-0.05, 0) is 19.3 Å². The number of fused-ring (bicyclic) bond motifs is 1. The lowest BCUT2D eigenvalue weighted by Gasteiger charge is -2.13. The number of aromatic nitrogens is 2. The van der Waals surface area contributed by atoms with Gasteiger partial charge in [0.2, 0.25) is 5.89 Å². The molecule has 0 aromatic carbocycles. The number of carbonyl (C=O) groups excluding carboxylic acids is 2. The maximum Gasteiger partial charge on any atom is 0.327 e. The lowest BCUT2D eigenvalue weighted by molar-refractivity contribution is -0.128. The van der Waals surface area contributed by atoms with Gasteiger partial charge in [0.1, 0.15) is 6.04 Å². The van der Waals surface area contributed by atoms with E-state index in [-0.39, 0.29) is 24.5 Å². The van der Waals surface area contributed by atoms with Crippen LogP contribution in [0.5, 0.6) is 0 Å². The maximum absolute atomic E-state index is 12.2. The van der Waals surface area contributed by atoms with Crippen LogP contribution in [-0.2, 0) is 17.8 Å². The third-order valence-electron chi connectivity index (χ3n) is 3.83. The number of amides is 3. The molecule has 3 heterocycles. The monoisotopic (exact) mass is 278 g/mol. The van der Waals surface area contributed by atoms with Crippen LogP contribution < -0.4 is 0 Å². The van der Waals surface area contributed by atoms with E-state index in [0.29, 0.717) is 18.3 Å². The Balaban J connectivity index is 1.67.